The van der Waals surface area contributed by atoms with Crippen molar-refractivity contribution in [3.63, 3.8) is 0 Å². The summed E-state index contributed by atoms with van der Waals surface area (Å²) in [7, 11) is -2.79. The molecule has 4 atom stereocenters. The molecule has 3 rings (SSSR count). The van der Waals surface area contributed by atoms with Crippen molar-refractivity contribution in [2.45, 2.75) is 70.7 Å². The highest BCUT2D eigenvalue weighted by molar-refractivity contribution is 6.99. The van der Waals surface area contributed by atoms with Crippen LogP contribution in [-0.4, -0.2) is 38.7 Å². The van der Waals surface area contributed by atoms with Gasteiger partial charge in [-0.05, 0) is 41.2 Å². The van der Waals surface area contributed by atoms with Crippen LogP contribution < -0.4 is 21.4 Å². The maximum absolute atomic E-state index is 12.4. The third-order valence-corrected chi connectivity index (χ3v) is 11.9. The van der Waals surface area contributed by atoms with Crippen LogP contribution in [0.4, 0.5) is 4.79 Å². The van der Waals surface area contributed by atoms with Gasteiger partial charge in [0.1, 0.15) is 0 Å². The van der Waals surface area contributed by atoms with Gasteiger partial charge in [-0.1, -0.05) is 95.3 Å². The summed E-state index contributed by atoms with van der Waals surface area (Å²) in [4.78, 5) is 12.4. The van der Waals surface area contributed by atoms with Gasteiger partial charge in [0, 0.05) is 0 Å². The van der Waals surface area contributed by atoms with Gasteiger partial charge < -0.3 is 20.2 Å². The van der Waals surface area contributed by atoms with E-state index < -0.39 is 20.0 Å². The van der Waals surface area contributed by atoms with Crippen molar-refractivity contribution in [2.75, 3.05) is 6.54 Å². The summed E-state index contributed by atoms with van der Waals surface area (Å²) in [5.41, 5.74) is 5.18. The third kappa shape index (κ3) is 4.23. The lowest BCUT2D eigenvalue weighted by Crippen LogP contribution is -2.70. The molecule has 5 nitrogen and oxygen atoms in total. The van der Waals surface area contributed by atoms with Crippen LogP contribution in [0, 0.1) is 5.92 Å². The van der Waals surface area contributed by atoms with Crippen LogP contribution in [0.15, 0.2) is 60.7 Å². The maximum Gasteiger partial charge on any atom is 0.408 e. The molecule has 1 aliphatic heterocycles. The first-order valence-electron chi connectivity index (χ1n) is 11.6. The molecular weight excluding hydrogens is 416 g/mol. The van der Waals surface area contributed by atoms with Crippen molar-refractivity contribution < 1.29 is 14.0 Å². The Morgan fingerprint density at radius 3 is 2.00 bits per heavy atom. The molecule has 0 unspecified atom stereocenters. The average molecular weight is 455 g/mol. The molecule has 0 radical (unpaired) electrons. The standard InChI is InChI=1S/C26H38N2O3Si/c1-7-22(26(6)23(19(2)18-27)28-24(29)30-26)31-32(25(3,4)5,20-14-10-8-11-15-20)21-16-12-9-13-17-21/h8-17,19,22-23H,7,18,27H2,1-6H3,(H,28,29)/t19-,22-,23-,26-/m1/s1. The van der Waals surface area contributed by atoms with E-state index in [0.717, 1.165) is 0 Å². The smallest absolute Gasteiger partial charge is 0.408 e. The highest BCUT2D eigenvalue weighted by atomic mass is 28.4. The van der Waals surface area contributed by atoms with E-state index in [1.807, 2.05) is 26.0 Å². The molecule has 1 aliphatic rings. The van der Waals surface area contributed by atoms with E-state index in [1.165, 1.54) is 10.4 Å². The number of alkyl carbamates (subject to hydrolysis) is 1. The molecular formula is C26H38N2O3Si. The number of cyclic esters (lactones) is 1. The number of hydrogen-bond donors (Lipinski definition) is 2. The Morgan fingerprint density at radius 1 is 1.09 bits per heavy atom. The Kier molecular flexibility index (Phi) is 7.17. The fourth-order valence-corrected chi connectivity index (χ4v) is 10.0. The SMILES string of the molecule is CC[C@@H](O[Si](c1ccccc1)(c1ccccc1)C(C)(C)C)[C@@]1(C)OC(=O)N[C@@H]1[C@H](C)CN. The molecule has 1 amide bonds. The van der Waals surface area contributed by atoms with E-state index in [1.54, 1.807) is 0 Å². The highest BCUT2D eigenvalue weighted by Gasteiger charge is 2.58. The lowest BCUT2D eigenvalue weighted by Gasteiger charge is -2.48. The molecule has 174 valence electrons. The summed E-state index contributed by atoms with van der Waals surface area (Å²) in [6.07, 6.45) is 0.0121. The molecule has 1 saturated heterocycles. The normalized spacial score (nSPS) is 23.3. The zero-order chi connectivity index (χ0) is 23.6. The predicted octanol–water partition coefficient (Wildman–Crippen LogP) is 3.80. The van der Waals surface area contributed by atoms with Crippen molar-refractivity contribution in [2.24, 2.45) is 11.7 Å². The minimum Gasteiger partial charge on any atom is -0.438 e. The molecule has 0 spiro atoms. The maximum atomic E-state index is 12.4. The number of benzene rings is 2. The number of rotatable bonds is 8. The number of ether oxygens (including phenoxy) is 1. The zero-order valence-electron chi connectivity index (χ0n) is 20.2. The van der Waals surface area contributed by atoms with Crippen LogP contribution in [0.3, 0.4) is 0 Å². The monoisotopic (exact) mass is 454 g/mol. The van der Waals surface area contributed by atoms with Gasteiger partial charge in [0.05, 0.1) is 12.1 Å². The summed E-state index contributed by atoms with van der Waals surface area (Å²) < 4.78 is 13.3. The molecule has 1 heterocycles. The first-order valence-corrected chi connectivity index (χ1v) is 13.5. The Morgan fingerprint density at radius 2 is 1.59 bits per heavy atom. The van der Waals surface area contributed by atoms with Gasteiger partial charge in [0.15, 0.2) is 5.60 Å². The van der Waals surface area contributed by atoms with Crippen LogP contribution in [0.5, 0.6) is 0 Å². The molecule has 3 N–H and O–H groups in total. The fraction of sp³-hybridized carbons (Fsp3) is 0.500. The topological polar surface area (TPSA) is 73.6 Å². The average Bonchev–Trinajstić information content (AvgIpc) is 3.09. The molecule has 2 aromatic carbocycles. The van der Waals surface area contributed by atoms with Crippen LogP contribution in [0.2, 0.25) is 5.04 Å². The Bertz CT molecular complexity index is 861. The summed E-state index contributed by atoms with van der Waals surface area (Å²) in [5, 5.41) is 5.27. The Hall–Kier alpha value is -2.15. The van der Waals surface area contributed by atoms with Gasteiger partial charge in [-0.2, -0.15) is 0 Å². The quantitative estimate of drug-likeness (QED) is 0.595. The number of carbonyl (C=O) groups excluding carboxylic acids is 1. The van der Waals surface area contributed by atoms with Crippen LogP contribution in [0.1, 0.15) is 48.0 Å². The fourth-order valence-electron chi connectivity index (χ4n) is 5.18. The van der Waals surface area contributed by atoms with Crippen molar-refractivity contribution in [1.29, 1.82) is 0 Å². The second kappa shape index (κ2) is 9.38. The van der Waals surface area contributed by atoms with Crippen molar-refractivity contribution in [3.05, 3.63) is 60.7 Å². The van der Waals surface area contributed by atoms with E-state index in [-0.39, 0.29) is 23.1 Å². The van der Waals surface area contributed by atoms with Crippen LogP contribution >= 0.6 is 0 Å². The second-order valence-corrected chi connectivity index (χ2v) is 14.3. The molecule has 0 bridgehead atoms. The van der Waals surface area contributed by atoms with Crippen molar-refractivity contribution in [3.8, 4) is 0 Å². The molecule has 0 aromatic heterocycles. The van der Waals surface area contributed by atoms with E-state index >= 15 is 0 Å². The van der Waals surface area contributed by atoms with Crippen LogP contribution in [0.25, 0.3) is 0 Å². The van der Waals surface area contributed by atoms with Gasteiger partial charge in [-0.15, -0.1) is 0 Å². The highest BCUT2D eigenvalue weighted by Crippen LogP contribution is 2.42. The minimum atomic E-state index is -2.79. The van der Waals surface area contributed by atoms with Gasteiger partial charge in [-0.25, -0.2) is 4.79 Å². The first kappa shape index (κ1) is 24.5. The lowest BCUT2D eigenvalue weighted by atomic mass is 9.82. The van der Waals surface area contributed by atoms with E-state index in [9.17, 15) is 4.79 Å². The number of nitrogens with one attached hydrogen (secondary N) is 1. The Labute approximate surface area is 193 Å². The summed E-state index contributed by atoms with van der Waals surface area (Å²) in [6.45, 7) is 13.4. The van der Waals surface area contributed by atoms with Gasteiger partial charge in [-0.3, -0.25) is 0 Å². The molecule has 2 aromatic rings. The minimum absolute atomic E-state index is 0.0586. The predicted molar refractivity (Wildman–Crippen MR) is 133 cm³/mol. The molecule has 1 fully saturated rings. The third-order valence-electron chi connectivity index (χ3n) is 6.89. The summed E-state index contributed by atoms with van der Waals surface area (Å²) in [6, 6.07) is 20.9. The molecule has 0 saturated carbocycles. The van der Waals surface area contributed by atoms with Crippen LogP contribution in [-0.2, 0) is 9.16 Å². The van der Waals surface area contributed by atoms with Gasteiger partial charge >= 0.3 is 6.09 Å². The van der Waals surface area contributed by atoms with E-state index in [2.05, 4.69) is 81.5 Å². The van der Waals surface area contributed by atoms with Crippen molar-refractivity contribution in [1.82, 2.24) is 5.32 Å². The van der Waals surface area contributed by atoms with Crippen molar-refractivity contribution >= 4 is 24.8 Å². The summed E-state index contributed by atoms with van der Waals surface area (Å²) >= 11 is 0. The van der Waals surface area contributed by atoms with E-state index in [4.69, 9.17) is 14.9 Å². The second-order valence-electron chi connectivity index (χ2n) is 10.1. The number of nitrogens with two attached hydrogens (primary N) is 1. The molecule has 6 heteroatoms. The zero-order valence-corrected chi connectivity index (χ0v) is 21.2. The van der Waals surface area contributed by atoms with E-state index in [0.29, 0.717) is 13.0 Å². The Balaban J connectivity index is 2.19. The number of carbonyl (C=O) groups is 1. The largest absolute Gasteiger partial charge is 0.438 e. The first-order chi connectivity index (χ1) is 15.1. The molecule has 0 aliphatic carbocycles. The van der Waals surface area contributed by atoms with Gasteiger partial charge in [0.2, 0.25) is 0 Å². The number of hydrogen-bond acceptors (Lipinski definition) is 4. The number of amides is 1. The lowest BCUT2D eigenvalue weighted by molar-refractivity contribution is -0.0572. The summed E-state index contributed by atoms with van der Waals surface area (Å²) in [5.74, 6) is 0.0586. The van der Waals surface area contributed by atoms with Gasteiger partial charge in [0.25, 0.3) is 8.32 Å². The molecule has 32 heavy (non-hydrogen) atoms.